The smallest absolute Gasteiger partial charge is 0.0440 e. The molecule has 0 saturated heterocycles. The van der Waals surface area contributed by atoms with Crippen LogP contribution in [0.3, 0.4) is 0 Å². The first-order valence-electron chi connectivity index (χ1n) is 6.04. The molecule has 0 aliphatic heterocycles. The predicted molar refractivity (Wildman–Crippen MR) is 81.7 cm³/mol. The Kier molecular flexibility index (Phi) is 4.26. The summed E-state index contributed by atoms with van der Waals surface area (Å²) in [5.74, 6) is 0. The quantitative estimate of drug-likeness (QED) is 0.863. The van der Waals surface area contributed by atoms with E-state index in [-0.39, 0.29) is 0 Å². The van der Waals surface area contributed by atoms with Crippen LogP contribution in [-0.4, -0.2) is 6.54 Å². The maximum absolute atomic E-state index is 5.76. The topological polar surface area (TPSA) is 29.3 Å². The molecule has 0 aromatic heterocycles. The van der Waals surface area contributed by atoms with Crippen LogP contribution >= 0.6 is 15.9 Å². The van der Waals surface area contributed by atoms with Crippen LogP contribution in [-0.2, 0) is 6.54 Å². The number of para-hydroxylation sites is 1. The van der Waals surface area contributed by atoms with E-state index in [9.17, 15) is 0 Å². The molecule has 0 aliphatic carbocycles. The Balaban J connectivity index is 2.21. The summed E-state index contributed by atoms with van der Waals surface area (Å²) in [7, 11) is 0. The molecule has 2 rings (SSSR count). The number of anilines is 2. The molecule has 0 unspecified atom stereocenters. The van der Waals surface area contributed by atoms with Crippen molar-refractivity contribution in [1.82, 2.24) is 0 Å². The molecule has 0 fully saturated rings. The van der Waals surface area contributed by atoms with Gasteiger partial charge >= 0.3 is 0 Å². The van der Waals surface area contributed by atoms with Gasteiger partial charge in [0.2, 0.25) is 0 Å². The van der Waals surface area contributed by atoms with Crippen molar-refractivity contribution in [3.63, 3.8) is 0 Å². The molecule has 0 radical (unpaired) electrons. The fourth-order valence-electron chi connectivity index (χ4n) is 1.92. The first-order valence-corrected chi connectivity index (χ1v) is 6.84. The monoisotopic (exact) mass is 304 g/mol. The summed E-state index contributed by atoms with van der Waals surface area (Å²) in [5, 5.41) is 0. The zero-order valence-electron chi connectivity index (χ0n) is 10.4. The fourth-order valence-corrected chi connectivity index (χ4v) is 2.44. The Morgan fingerprint density at radius 1 is 1.11 bits per heavy atom. The number of hydrogen-bond donors (Lipinski definition) is 1. The van der Waals surface area contributed by atoms with Crippen LogP contribution in [0.15, 0.2) is 53.0 Å². The van der Waals surface area contributed by atoms with Gasteiger partial charge in [-0.1, -0.05) is 40.2 Å². The summed E-state index contributed by atoms with van der Waals surface area (Å²) in [6.45, 7) is 4.01. The van der Waals surface area contributed by atoms with Gasteiger partial charge in [0, 0.05) is 28.9 Å². The summed E-state index contributed by atoms with van der Waals surface area (Å²) < 4.78 is 1.07. The maximum Gasteiger partial charge on any atom is 0.0440 e. The van der Waals surface area contributed by atoms with Gasteiger partial charge in [-0.2, -0.15) is 0 Å². The average molecular weight is 305 g/mol. The van der Waals surface area contributed by atoms with Gasteiger partial charge in [0.25, 0.3) is 0 Å². The molecule has 94 valence electrons. The lowest BCUT2D eigenvalue weighted by Gasteiger charge is -2.23. The highest BCUT2D eigenvalue weighted by atomic mass is 79.9. The molecule has 3 heteroatoms. The van der Waals surface area contributed by atoms with E-state index in [0.29, 0.717) is 0 Å². The molecular formula is C15H17BrN2. The molecule has 2 aromatic rings. The van der Waals surface area contributed by atoms with Crippen LogP contribution in [0.5, 0.6) is 0 Å². The number of benzene rings is 2. The van der Waals surface area contributed by atoms with Gasteiger partial charge in [-0.05, 0) is 36.8 Å². The lowest BCUT2D eigenvalue weighted by molar-refractivity contribution is 0.829. The van der Waals surface area contributed by atoms with E-state index in [1.54, 1.807) is 0 Å². The van der Waals surface area contributed by atoms with E-state index in [1.165, 1.54) is 11.3 Å². The van der Waals surface area contributed by atoms with Crippen molar-refractivity contribution < 1.29 is 0 Å². The lowest BCUT2D eigenvalue weighted by atomic mass is 10.2. The van der Waals surface area contributed by atoms with Gasteiger partial charge in [0.1, 0.15) is 0 Å². The highest BCUT2D eigenvalue weighted by Crippen LogP contribution is 2.23. The lowest BCUT2D eigenvalue weighted by Crippen LogP contribution is -2.22. The summed E-state index contributed by atoms with van der Waals surface area (Å²) in [5.41, 5.74) is 9.03. The van der Waals surface area contributed by atoms with E-state index < -0.39 is 0 Å². The molecule has 2 aromatic carbocycles. The summed E-state index contributed by atoms with van der Waals surface area (Å²) >= 11 is 3.57. The predicted octanol–water partition coefficient (Wildman–Crippen LogP) is 4.06. The molecule has 0 saturated carbocycles. The Morgan fingerprint density at radius 3 is 2.44 bits per heavy atom. The van der Waals surface area contributed by atoms with Gasteiger partial charge in [0.05, 0.1) is 0 Å². The molecule has 2 N–H and O–H groups in total. The second-order valence-corrected chi connectivity index (χ2v) is 5.05. The molecular weight excluding hydrogens is 288 g/mol. The van der Waals surface area contributed by atoms with Crippen molar-refractivity contribution in [2.24, 2.45) is 0 Å². The Bertz CT molecular complexity index is 511. The molecule has 0 atom stereocenters. The van der Waals surface area contributed by atoms with E-state index >= 15 is 0 Å². The zero-order chi connectivity index (χ0) is 13.0. The first-order chi connectivity index (χ1) is 8.70. The SMILES string of the molecule is CCN(Cc1ccc(N)cc1Br)c1ccccc1. The van der Waals surface area contributed by atoms with Crippen molar-refractivity contribution in [2.75, 3.05) is 17.2 Å². The van der Waals surface area contributed by atoms with Gasteiger partial charge in [0.15, 0.2) is 0 Å². The highest BCUT2D eigenvalue weighted by molar-refractivity contribution is 9.10. The molecule has 0 aliphatic rings. The van der Waals surface area contributed by atoms with Crippen LogP contribution in [0.4, 0.5) is 11.4 Å². The van der Waals surface area contributed by atoms with E-state index in [0.717, 1.165) is 23.2 Å². The molecule has 2 nitrogen and oxygen atoms in total. The van der Waals surface area contributed by atoms with Crippen LogP contribution < -0.4 is 10.6 Å². The van der Waals surface area contributed by atoms with E-state index in [2.05, 4.69) is 58.1 Å². The Morgan fingerprint density at radius 2 is 1.83 bits per heavy atom. The van der Waals surface area contributed by atoms with Gasteiger partial charge in [-0.25, -0.2) is 0 Å². The molecule has 0 bridgehead atoms. The van der Waals surface area contributed by atoms with Crippen molar-refractivity contribution in [2.45, 2.75) is 13.5 Å². The van der Waals surface area contributed by atoms with Gasteiger partial charge < -0.3 is 10.6 Å². The minimum absolute atomic E-state index is 0.786. The third kappa shape index (κ3) is 3.05. The fraction of sp³-hybridized carbons (Fsp3) is 0.200. The van der Waals surface area contributed by atoms with Crippen molar-refractivity contribution in [1.29, 1.82) is 0 Å². The zero-order valence-corrected chi connectivity index (χ0v) is 12.0. The number of nitrogens with two attached hydrogens (primary N) is 1. The van der Waals surface area contributed by atoms with Crippen LogP contribution in [0, 0.1) is 0 Å². The van der Waals surface area contributed by atoms with Gasteiger partial charge in [-0.3, -0.25) is 0 Å². The normalized spacial score (nSPS) is 10.3. The third-order valence-electron chi connectivity index (χ3n) is 2.94. The Labute approximate surface area is 117 Å². The van der Waals surface area contributed by atoms with Crippen molar-refractivity contribution in [3.8, 4) is 0 Å². The van der Waals surface area contributed by atoms with Crippen LogP contribution in [0.1, 0.15) is 12.5 Å². The number of nitrogen functional groups attached to an aromatic ring is 1. The average Bonchev–Trinajstić information content (AvgIpc) is 2.39. The van der Waals surface area contributed by atoms with Crippen molar-refractivity contribution >= 4 is 27.3 Å². The standard InChI is InChI=1S/C15H17BrN2/c1-2-18(14-6-4-3-5-7-14)11-12-8-9-13(17)10-15(12)16/h3-10H,2,11,17H2,1H3. The largest absolute Gasteiger partial charge is 0.399 e. The third-order valence-corrected chi connectivity index (χ3v) is 3.68. The summed E-state index contributed by atoms with van der Waals surface area (Å²) in [6, 6.07) is 16.4. The summed E-state index contributed by atoms with van der Waals surface area (Å²) in [4.78, 5) is 2.33. The Hall–Kier alpha value is -1.48. The number of nitrogens with zero attached hydrogens (tertiary/aromatic N) is 1. The molecule has 0 spiro atoms. The summed E-state index contributed by atoms with van der Waals surface area (Å²) in [6.07, 6.45) is 0. The first kappa shape index (κ1) is 13.0. The van der Waals surface area contributed by atoms with Gasteiger partial charge in [-0.15, -0.1) is 0 Å². The van der Waals surface area contributed by atoms with Crippen LogP contribution in [0.25, 0.3) is 0 Å². The second kappa shape index (κ2) is 5.91. The number of rotatable bonds is 4. The van der Waals surface area contributed by atoms with E-state index in [4.69, 9.17) is 5.73 Å². The minimum Gasteiger partial charge on any atom is -0.399 e. The van der Waals surface area contributed by atoms with Crippen LogP contribution in [0.2, 0.25) is 0 Å². The number of hydrogen-bond acceptors (Lipinski definition) is 2. The molecule has 0 heterocycles. The minimum atomic E-state index is 0.786. The van der Waals surface area contributed by atoms with E-state index in [1.807, 2.05) is 18.2 Å². The second-order valence-electron chi connectivity index (χ2n) is 4.20. The maximum atomic E-state index is 5.76. The highest BCUT2D eigenvalue weighted by Gasteiger charge is 2.07. The molecule has 18 heavy (non-hydrogen) atoms. The molecule has 0 amide bonds. The van der Waals surface area contributed by atoms with Crippen molar-refractivity contribution in [3.05, 3.63) is 58.6 Å². The number of halogens is 1.